The molecule has 1 fully saturated rings. The molecule has 9 heteroatoms. The minimum atomic E-state index is -0.223. The van der Waals surface area contributed by atoms with Gasteiger partial charge in [-0.15, -0.1) is 0 Å². The fourth-order valence-electron chi connectivity index (χ4n) is 4.49. The highest BCUT2D eigenvalue weighted by atomic mass is 16.5. The highest BCUT2D eigenvalue weighted by Crippen LogP contribution is 2.22. The molecule has 0 aromatic heterocycles. The third kappa shape index (κ3) is 5.73. The van der Waals surface area contributed by atoms with Crippen molar-refractivity contribution in [3.63, 3.8) is 0 Å². The first-order valence-corrected chi connectivity index (χ1v) is 11.6. The number of rotatable bonds is 7. The minimum Gasteiger partial charge on any atom is -0.459 e. The van der Waals surface area contributed by atoms with Gasteiger partial charge in [0.1, 0.15) is 12.4 Å². The second kappa shape index (κ2) is 10.7. The van der Waals surface area contributed by atoms with E-state index in [-0.39, 0.29) is 18.0 Å². The number of carbonyl (C=O) groups excluding carboxylic acids is 2. The minimum absolute atomic E-state index is 0.0697. The van der Waals surface area contributed by atoms with Crippen molar-refractivity contribution in [2.45, 2.75) is 32.3 Å². The zero-order valence-electron chi connectivity index (χ0n) is 19.5. The van der Waals surface area contributed by atoms with Gasteiger partial charge < -0.3 is 15.5 Å². The van der Waals surface area contributed by atoms with Crippen LogP contribution in [0.4, 0.5) is 5.69 Å². The summed E-state index contributed by atoms with van der Waals surface area (Å²) in [7, 11) is 0. The third-order valence-corrected chi connectivity index (χ3v) is 6.43. The molecule has 2 heterocycles. The van der Waals surface area contributed by atoms with Gasteiger partial charge in [-0.1, -0.05) is 24.3 Å². The number of nitrogens with two attached hydrogens (primary N) is 2. The summed E-state index contributed by atoms with van der Waals surface area (Å²) >= 11 is 0. The van der Waals surface area contributed by atoms with Crippen LogP contribution < -0.4 is 16.7 Å². The highest BCUT2D eigenvalue weighted by molar-refractivity contribution is 5.92. The predicted octanol–water partition coefficient (Wildman–Crippen LogP) is 1.30. The highest BCUT2D eigenvalue weighted by Gasteiger charge is 2.24. The number of hydrogen-bond donors (Lipinski definition) is 2. The normalized spacial score (nSPS) is 18.6. The van der Waals surface area contributed by atoms with Crippen molar-refractivity contribution in [3.05, 3.63) is 64.7 Å². The first-order chi connectivity index (χ1) is 16.4. The first kappa shape index (κ1) is 23.7. The molecule has 1 atom stereocenters. The number of nitrogens with zero attached hydrogens (tertiary/aromatic N) is 4. The number of hydrazone groups is 1. The Kier molecular flexibility index (Phi) is 7.44. The molecule has 2 aromatic carbocycles. The number of amides is 1. The Hall–Kier alpha value is -3.43. The fourth-order valence-corrected chi connectivity index (χ4v) is 4.49. The largest absolute Gasteiger partial charge is 0.459 e. The van der Waals surface area contributed by atoms with Gasteiger partial charge in [0.15, 0.2) is 0 Å². The zero-order chi connectivity index (χ0) is 24.1. The topological polar surface area (TPSA) is 117 Å². The summed E-state index contributed by atoms with van der Waals surface area (Å²) in [6.45, 7) is 6.04. The molecular formula is C25H32N6O3. The number of piperazine rings is 1. The second-order valence-electron chi connectivity index (χ2n) is 8.90. The number of ether oxygens (including phenoxy) is 1. The van der Waals surface area contributed by atoms with E-state index in [1.807, 2.05) is 48.2 Å². The molecule has 4 N–H and O–H groups in total. The zero-order valence-corrected chi connectivity index (χ0v) is 19.5. The Morgan fingerprint density at radius 1 is 1.15 bits per heavy atom. The Morgan fingerprint density at radius 2 is 1.85 bits per heavy atom. The van der Waals surface area contributed by atoms with E-state index in [9.17, 15) is 9.59 Å². The standard InChI is InChI=1S/C25H32N6O3/c1-18-14-21-15-20(4-7-23(21)25(33)34-18)8-9-29-10-12-30(13-11-29)24(32)16-19-2-5-22(6-3-19)31(27)17-28-26/h2-7,15,17-18H,8-14,16,26-27H2,1H3/b28-17-. The SMILES string of the molecule is CC1Cc2cc(CCN3CCN(C(=O)Cc4ccc(N(N)/C=N\N)cc4)CC3)ccc2C(=O)O1. The van der Waals surface area contributed by atoms with Crippen LogP contribution in [0.2, 0.25) is 0 Å². The van der Waals surface area contributed by atoms with Crippen molar-refractivity contribution in [1.29, 1.82) is 0 Å². The molecular weight excluding hydrogens is 432 g/mol. The lowest BCUT2D eigenvalue weighted by molar-refractivity contribution is -0.132. The van der Waals surface area contributed by atoms with Gasteiger partial charge in [0.2, 0.25) is 5.91 Å². The summed E-state index contributed by atoms with van der Waals surface area (Å²) in [4.78, 5) is 29.1. The van der Waals surface area contributed by atoms with Gasteiger partial charge >= 0.3 is 5.97 Å². The number of esters is 1. The van der Waals surface area contributed by atoms with Gasteiger partial charge in [0.25, 0.3) is 0 Å². The fraction of sp³-hybridized carbons (Fsp3) is 0.400. The van der Waals surface area contributed by atoms with Gasteiger partial charge in [0, 0.05) is 39.1 Å². The lowest BCUT2D eigenvalue weighted by atomic mass is 9.96. The third-order valence-electron chi connectivity index (χ3n) is 6.43. The van der Waals surface area contributed by atoms with Gasteiger partial charge in [-0.3, -0.25) is 14.7 Å². The Bertz CT molecular complexity index is 1050. The molecule has 1 unspecified atom stereocenters. The molecule has 0 saturated carbocycles. The van der Waals surface area contributed by atoms with Crippen LogP contribution in [-0.2, 0) is 28.8 Å². The van der Waals surface area contributed by atoms with Crippen LogP contribution in [0.5, 0.6) is 0 Å². The van der Waals surface area contributed by atoms with Crippen LogP contribution >= 0.6 is 0 Å². The summed E-state index contributed by atoms with van der Waals surface area (Å²) in [6, 6.07) is 13.5. The maximum atomic E-state index is 12.8. The summed E-state index contributed by atoms with van der Waals surface area (Å²) in [6.07, 6.45) is 3.31. The van der Waals surface area contributed by atoms with Crippen molar-refractivity contribution in [3.8, 4) is 0 Å². The predicted molar refractivity (Wildman–Crippen MR) is 131 cm³/mol. The lowest BCUT2D eigenvalue weighted by Gasteiger charge is -2.35. The summed E-state index contributed by atoms with van der Waals surface area (Å²) in [5, 5.41) is 4.72. The molecule has 2 aliphatic heterocycles. The Morgan fingerprint density at radius 3 is 2.56 bits per heavy atom. The van der Waals surface area contributed by atoms with Gasteiger partial charge in [-0.05, 0) is 48.2 Å². The second-order valence-corrected chi connectivity index (χ2v) is 8.90. The van der Waals surface area contributed by atoms with E-state index in [1.165, 1.54) is 16.9 Å². The summed E-state index contributed by atoms with van der Waals surface area (Å²) in [5.74, 6) is 10.8. The van der Waals surface area contributed by atoms with Gasteiger partial charge in [-0.25, -0.2) is 10.6 Å². The number of hydrazine groups is 1. The number of fused-ring (bicyclic) bond motifs is 1. The van der Waals surface area contributed by atoms with E-state index in [1.54, 1.807) is 0 Å². The van der Waals surface area contributed by atoms with Crippen LogP contribution in [0.15, 0.2) is 47.6 Å². The maximum Gasteiger partial charge on any atom is 0.338 e. The molecule has 0 aliphatic carbocycles. The van der Waals surface area contributed by atoms with E-state index < -0.39 is 0 Å². The molecule has 1 saturated heterocycles. The van der Waals surface area contributed by atoms with Gasteiger partial charge in [-0.2, -0.15) is 5.10 Å². The average molecular weight is 465 g/mol. The molecule has 0 radical (unpaired) electrons. The van der Waals surface area contributed by atoms with Crippen molar-refractivity contribution in [1.82, 2.24) is 9.80 Å². The molecule has 180 valence electrons. The van der Waals surface area contributed by atoms with Gasteiger partial charge in [0.05, 0.1) is 17.7 Å². The van der Waals surface area contributed by atoms with Crippen LogP contribution in [0.1, 0.15) is 34.0 Å². The number of carbonyl (C=O) groups is 2. The van der Waals surface area contributed by atoms with Crippen LogP contribution in [0.3, 0.4) is 0 Å². The summed E-state index contributed by atoms with van der Waals surface area (Å²) in [5.41, 5.74) is 4.69. The summed E-state index contributed by atoms with van der Waals surface area (Å²) < 4.78 is 5.30. The monoisotopic (exact) mass is 464 g/mol. The van der Waals surface area contributed by atoms with Crippen molar-refractivity contribution in [2.24, 2.45) is 16.8 Å². The first-order valence-electron chi connectivity index (χ1n) is 11.6. The number of benzene rings is 2. The maximum absolute atomic E-state index is 12.8. The molecule has 0 bridgehead atoms. The van der Waals surface area contributed by atoms with E-state index >= 15 is 0 Å². The van der Waals surface area contributed by atoms with Crippen LogP contribution in [-0.4, -0.2) is 66.8 Å². The Labute approximate surface area is 199 Å². The van der Waals surface area contributed by atoms with Crippen LogP contribution in [0, 0.1) is 0 Å². The van der Waals surface area contributed by atoms with Crippen molar-refractivity contribution in [2.75, 3.05) is 37.7 Å². The Balaban J connectivity index is 1.23. The molecule has 34 heavy (non-hydrogen) atoms. The number of cyclic esters (lactones) is 1. The molecule has 4 rings (SSSR count). The van der Waals surface area contributed by atoms with E-state index in [2.05, 4.69) is 16.1 Å². The van der Waals surface area contributed by atoms with E-state index in [4.69, 9.17) is 16.4 Å². The molecule has 1 amide bonds. The van der Waals surface area contributed by atoms with Crippen molar-refractivity contribution < 1.29 is 14.3 Å². The molecule has 0 spiro atoms. The number of anilines is 1. The van der Waals surface area contributed by atoms with Crippen molar-refractivity contribution >= 4 is 23.9 Å². The average Bonchev–Trinajstić information content (AvgIpc) is 2.83. The molecule has 2 aliphatic rings. The number of hydrogen-bond acceptors (Lipinski definition) is 7. The van der Waals surface area contributed by atoms with E-state index in [0.717, 1.165) is 62.4 Å². The van der Waals surface area contributed by atoms with Crippen LogP contribution in [0.25, 0.3) is 0 Å². The smallest absolute Gasteiger partial charge is 0.338 e. The van der Waals surface area contributed by atoms with E-state index in [0.29, 0.717) is 12.0 Å². The quantitative estimate of drug-likeness (QED) is 0.208. The lowest BCUT2D eigenvalue weighted by Crippen LogP contribution is -2.49. The molecule has 9 nitrogen and oxygen atoms in total. The molecule has 2 aromatic rings.